The van der Waals surface area contributed by atoms with E-state index in [4.69, 9.17) is 9.15 Å². The van der Waals surface area contributed by atoms with Crippen LogP contribution in [0.15, 0.2) is 75.6 Å². The number of anilines is 1. The first-order chi connectivity index (χ1) is 14.0. The predicted molar refractivity (Wildman–Crippen MR) is 117 cm³/mol. The van der Waals surface area contributed by atoms with Gasteiger partial charge in [-0.05, 0) is 68.4 Å². The van der Waals surface area contributed by atoms with Gasteiger partial charge in [0, 0.05) is 21.3 Å². The van der Waals surface area contributed by atoms with Gasteiger partial charge in [0.1, 0.15) is 11.3 Å². The molecule has 0 fully saturated rings. The highest BCUT2D eigenvalue weighted by molar-refractivity contribution is 9.10. The van der Waals surface area contributed by atoms with Gasteiger partial charge in [-0.3, -0.25) is 4.79 Å². The molecule has 0 aliphatic carbocycles. The minimum Gasteiger partial charge on any atom is -0.491 e. The van der Waals surface area contributed by atoms with Crippen molar-refractivity contribution < 1.29 is 13.9 Å². The highest BCUT2D eigenvalue weighted by Crippen LogP contribution is 2.28. The molecule has 4 aromatic rings. The molecule has 0 radical (unpaired) electrons. The van der Waals surface area contributed by atoms with Crippen LogP contribution in [0.1, 0.15) is 24.2 Å². The van der Waals surface area contributed by atoms with Crippen LogP contribution in [-0.2, 0) is 0 Å². The van der Waals surface area contributed by atoms with Crippen molar-refractivity contribution in [2.75, 3.05) is 5.32 Å². The summed E-state index contributed by atoms with van der Waals surface area (Å²) in [6.07, 6.45) is 0.0438. The van der Waals surface area contributed by atoms with Crippen molar-refractivity contribution in [1.82, 2.24) is 4.98 Å². The van der Waals surface area contributed by atoms with E-state index >= 15 is 0 Å². The number of benzene rings is 3. The first-order valence-electron chi connectivity index (χ1n) is 9.22. The summed E-state index contributed by atoms with van der Waals surface area (Å²) in [4.78, 5) is 17.2. The van der Waals surface area contributed by atoms with Crippen LogP contribution in [0.25, 0.3) is 22.6 Å². The van der Waals surface area contributed by atoms with E-state index in [0.29, 0.717) is 34.0 Å². The van der Waals surface area contributed by atoms with E-state index in [2.05, 4.69) is 26.2 Å². The van der Waals surface area contributed by atoms with E-state index in [1.165, 1.54) is 0 Å². The number of carbonyl (C=O) groups excluding carboxylic acids is 1. The zero-order chi connectivity index (χ0) is 20.4. The lowest BCUT2D eigenvalue weighted by Gasteiger charge is -2.11. The van der Waals surface area contributed by atoms with E-state index in [1.54, 1.807) is 36.4 Å². The number of nitrogens with one attached hydrogen (secondary N) is 1. The van der Waals surface area contributed by atoms with Crippen molar-refractivity contribution in [3.05, 3.63) is 76.8 Å². The molecule has 1 amide bonds. The molecule has 6 heteroatoms. The summed E-state index contributed by atoms with van der Waals surface area (Å²) in [5.41, 5.74) is 3.38. The number of carbonyl (C=O) groups is 1. The van der Waals surface area contributed by atoms with Gasteiger partial charge >= 0.3 is 0 Å². The zero-order valence-corrected chi connectivity index (χ0v) is 17.6. The van der Waals surface area contributed by atoms with Crippen LogP contribution in [0, 0.1) is 0 Å². The van der Waals surface area contributed by atoms with Crippen molar-refractivity contribution in [1.29, 1.82) is 0 Å². The van der Waals surface area contributed by atoms with Crippen LogP contribution in [0.3, 0.4) is 0 Å². The summed E-state index contributed by atoms with van der Waals surface area (Å²) >= 11 is 3.46. The third-order valence-corrected chi connectivity index (χ3v) is 4.68. The number of hydrogen-bond acceptors (Lipinski definition) is 4. The quantitative estimate of drug-likeness (QED) is 0.387. The summed E-state index contributed by atoms with van der Waals surface area (Å²) in [5, 5.41) is 2.91. The van der Waals surface area contributed by atoms with Crippen LogP contribution < -0.4 is 10.1 Å². The van der Waals surface area contributed by atoms with Gasteiger partial charge in [0.2, 0.25) is 5.89 Å². The summed E-state index contributed by atoms with van der Waals surface area (Å²) in [7, 11) is 0. The second-order valence-electron chi connectivity index (χ2n) is 6.86. The van der Waals surface area contributed by atoms with Crippen LogP contribution in [-0.4, -0.2) is 17.0 Å². The van der Waals surface area contributed by atoms with Crippen molar-refractivity contribution >= 4 is 38.6 Å². The Balaban J connectivity index is 1.56. The van der Waals surface area contributed by atoms with Gasteiger partial charge in [0.25, 0.3) is 5.91 Å². The summed E-state index contributed by atoms with van der Waals surface area (Å²) in [5.74, 6) is 0.982. The molecule has 1 aromatic heterocycles. The van der Waals surface area contributed by atoms with Crippen molar-refractivity contribution in [2.24, 2.45) is 0 Å². The lowest BCUT2D eigenvalue weighted by molar-refractivity contribution is 0.102. The number of rotatable bonds is 5. The first-order valence-corrected chi connectivity index (χ1v) is 10.0. The average Bonchev–Trinajstić information content (AvgIpc) is 3.11. The molecule has 4 rings (SSSR count). The number of halogens is 1. The largest absolute Gasteiger partial charge is 0.491 e. The Labute approximate surface area is 176 Å². The first kappa shape index (κ1) is 19.2. The lowest BCUT2D eigenvalue weighted by Crippen LogP contribution is -2.12. The topological polar surface area (TPSA) is 64.4 Å². The summed E-state index contributed by atoms with van der Waals surface area (Å²) in [6, 6.07) is 20.3. The van der Waals surface area contributed by atoms with E-state index in [0.717, 1.165) is 10.0 Å². The highest BCUT2D eigenvalue weighted by atomic mass is 79.9. The number of hydrogen-bond donors (Lipinski definition) is 1. The molecule has 1 heterocycles. The Hall–Kier alpha value is -3.12. The monoisotopic (exact) mass is 450 g/mol. The van der Waals surface area contributed by atoms with Gasteiger partial charge in [0.15, 0.2) is 5.58 Å². The van der Waals surface area contributed by atoms with Crippen LogP contribution in [0.2, 0.25) is 0 Å². The fourth-order valence-electron chi connectivity index (χ4n) is 2.94. The Morgan fingerprint density at radius 1 is 1.07 bits per heavy atom. The van der Waals surface area contributed by atoms with Crippen LogP contribution in [0.4, 0.5) is 5.69 Å². The van der Waals surface area contributed by atoms with Gasteiger partial charge in [-0.15, -0.1) is 0 Å². The number of nitrogens with zero attached hydrogens (tertiary/aromatic N) is 1. The maximum Gasteiger partial charge on any atom is 0.255 e. The molecule has 0 unspecified atom stereocenters. The minimum absolute atomic E-state index is 0.0438. The maximum absolute atomic E-state index is 12.6. The molecular weight excluding hydrogens is 432 g/mol. The Bertz CT molecular complexity index is 1180. The van der Waals surface area contributed by atoms with E-state index in [-0.39, 0.29) is 12.0 Å². The van der Waals surface area contributed by atoms with Crippen LogP contribution >= 0.6 is 15.9 Å². The minimum atomic E-state index is -0.214. The number of amides is 1. The van der Waals surface area contributed by atoms with Gasteiger partial charge < -0.3 is 14.5 Å². The lowest BCUT2D eigenvalue weighted by atomic mass is 10.2. The number of fused-ring (bicyclic) bond motifs is 1. The Morgan fingerprint density at radius 3 is 2.69 bits per heavy atom. The Kier molecular flexibility index (Phi) is 5.36. The van der Waals surface area contributed by atoms with Gasteiger partial charge in [-0.25, -0.2) is 4.98 Å². The molecule has 0 saturated heterocycles. The van der Waals surface area contributed by atoms with Crippen molar-refractivity contribution in [3.63, 3.8) is 0 Å². The molecule has 3 aromatic carbocycles. The normalized spacial score (nSPS) is 11.0. The molecule has 0 atom stereocenters. The number of ether oxygens (including phenoxy) is 1. The summed E-state index contributed by atoms with van der Waals surface area (Å²) < 4.78 is 12.5. The predicted octanol–water partition coefficient (Wildman–Crippen LogP) is 6.30. The zero-order valence-electron chi connectivity index (χ0n) is 16.0. The Morgan fingerprint density at radius 2 is 1.90 bits per heavy atom. The van der Waals surface area contributed by atoms with Gasteiger partial charge in [0.05, 0.1) is 6.10 Å². The fraction of sp³-hybridized carbons (Fsp3) is 0.130. The molecule has 0 saturated carbocycles. The molecule has 146 valence electrons. The molecule has 1 N–H and O–H groups in total. The van der Waals surface area contributed by atoms with E-state index in [9.17, 15) is 4.79 Å². The van der Waals surface area contributed by atoms with Gasteiger partial charge in [-0.1, -0.05) is 28.1 Å². The third kappa shape index (κ3) is 4.49. The van der Waals surface area contributed by atoms with Crippen molar-refractivity contribution in [3.8, 4) is 17.2 Å². The summed E-state index contributed by atoms with van der Waals surface area (Å²) in [6.45, 7) is 3.89. The van der Waals surface area contributed by atoms with Gasteiger partial charge in [-0.2, -0.15) is 0 Å². The molecule has 0 spiro atoms. The van der Waals surface area contributed by atoms with Crippen molar-refractivity contribution in [2.45, 2.75) is 20.0 Å². The highest BCUT2D eigenvalue weighted by Gasteiger charge is 2.12. The average molecular weight is 451 g/mol. The molecule has 29 heavy (non-hydrogen) atoms. The second-order valence-corrected chi connectivity index (χ2v) is 7.78. The van der Waals surface area contributed by atoms with E-state index < -0.39 is 0 Å². The molecule has 0 aliphatic rings. The van der Waals surface area contributed by atoms with E-state index in [1.807, 2.05) is 44.2 Å². The maximum atomic E-state index is 12.6. The van der Waals surface area contributed by atoms with Crippen LogP contribution in [0.5, 0.6) is 5.75 Å². The smallest absolute Gasteiger partial charge is 0.255 e. The standard InChI is InChI=1S/C23H19BrN2O3/c1-14(2)28-19-8-4-5-15(12-19)22(27)25-18-9-10-21-20(13-18)26-23(29-21)16-6-3-7-17(24)11-16/h3-14H,1-2H3,(H,25,27). The fourth-order valence-corrected chi connectivity index (χ4v) is 3.34. The SMILES string of the molecule is CC(C)Oc1cccc(C(=O)Nc2ccc3oc(-c4cccc(Br)c4)nc3c2)c1. The second kappa shape index (κ2) is 8.09. The molecule has 0 aliphatic heterocycles. The number of oxazole rings is 1. The molecule has 5 nitrogen and oxygen atoms in total. The molecular formula is C23H19BrN2O3. The number of aromatic nitrogens is 1. The molecule has 0 bridgehead atoms. The third-order valence-electron chi connectivity index (χ3n) is 4.19.